The lowest BCUT2D eigenvalue weighted by atomic mass is 9.80. The number of aryl methyl sites for hydroxylation is 1. The molecule has 0 bridgehead atoms. The molecular weight excluding hydrogens is 553 g/mol. The predicted molar refractivity (Wildman–Crippen MR) is 198 cm³/mol. The van der Waals surface area contributed by atoms with Crippen molar-refractivity contribution in [3.8, 4) is 44.5 Å². The highest BCUT2D eigenvalue weighted by atomic mass is 14.4. The van der Waals surface area contributed by atoms with Gasteiger partial charge in [-0.05, 0) is 107 Å². The summed E-state index contributed by atoms with van der Waals surface area (Å²) < 4.78 is 0. The largest absolute Gasteiger partial charge is 0.0619 e. The minimum Gasteiger partial charge on any atom is -0.0619 e. The maximum absolute atomic E-state index is 2.48. The molecule has 0 fully saturated rings. The quantitative estimate of drug-likeness (QED) is 0.181. The molecule has 0 aromatic heterocycles. The Balaban J connectivity index is 1.39. The molecule has 0 spiro atoms. The summed E-state index contributed by atoms with van der Waals surface area (Å²) in [4.78, 5) is 0. The summed E-state index contributed by atoms with van der Waals surface area (Å²) >= 11 is 0. The highest BCUT2D eigenvalue weighted by molar-refractivity contribution is 6.22. The Bertz CT molecular complexity index is 2490. The Kier molecular flexibility index (Phi) is 5.86. The second-order valence-corrected chi connectivity index (χ2v) is 13.4. The second-order valence-electron chi connectivity index (χ2n) is 13.4. The molecule has 0 atom stereocenters. The van der Waals surface area contributed by atoms with Gasteiger partial charge in [0.1, 0.15) is 0 Å². The van der Waals surface area contributed by atoms with Crippen LogP contribution in [0.2, 0.25) is 0 Å². The van der Waals surface area contributed by atoms with Crippen LogP contribution in [0.15, 0.2) is 152 Å². The van der Waals surface area contributed by atoms with Crippen molar-refractivity contribution in [1.82, 2.24) is 0 Å². The molecule has 8 aromatic carbocycles. The zero-order valence-electron chi connectivity index (χ0n) is 26.4. The smallest absolute Gasteiger partial charge is 0.0159 e. The van der Waals surface area contributed by atoms with E-state index in [2.05, 4.69) is 172 Å². The molecule has 0 N–H and O–H groups in total. The fourth-order valence-corrected chi connectivity index (χ4v) is 8.03. The third kappa shape index (κ3) is 3.93. The van der Waals surface area contributed by atoms with Crippen LogP contribution in [0.25, 0.3) is 76.8 Å². The first-order valence-electron chi connectivity index (χ1n) is 16.3. The van der Waals surface area contributed by atoms with E-state index in [4.69, 9.17) is 0 Å². The molecule has 1 aliphatic rings. The van der Waals surface area contributed by atoms with Crippen LogP contribution < -0.4 is 0 Å². The van der Waals surface area contributed by atoms with Gasteiger partial charge in [0, 0.05) is 5.41 Å². The molecule has 1 aliphatic carbocycles. The normalized spacial score (nSPS) is 13.3. The Labute approximate surface area is 270 Å². The number of rotatable bonds is 3. The standard InChI is InChI=1S/C46H34/c1-29-19-21-31(22-20-29)44-38-15-6-7-16-39(38)45(33-24-25-37-36-14-8-9-18-42(36)46(2,3)43(37)28-33)41-27-32(23-26-40(41)44)35-17-10-12-30-11-4-5-13-34(30)35/h4-28H,1-3H3. The van der Waals surface area contributed by atoms with Crippen LogP contribution in [0.4, 0.5) is 0 Å². The van der Waals surface area contributed by atoms with Gasteiger partial charge in [0.2, 0.25) is 0 Å². The van der Waals surface area contributed by atoms with Gasteiger partial charge in [0.25, 0.3) is 0 Å². The molecule has 9 rings (SSSR count). The van der Waals surface area contributed by atoms with Crippen LogP contribution in [0.1, 0.15) is 30.5 Å². The molecule has 8 aromatic rings. The molecular formula is C46H34. The van der Waals surface area contributed by atoms with Crippen LogP contribution in [-0.2, 0) is 5.41 Å². The summed E-state index contributed by atoms with van der Waals surface area (Å²) in [7, 11) is 0. The molecule has 218 valence electrons. The van der Waals surface area contributed by atoms with Gasteiger partial charge in [-0.1, -0.05) is 159 Å². The summed E-state index contributed by atoms with van der Waals surface area (Å²) in [6.07, 6.45) is 0. The Morgan fingerprint density at radius 2 is 0.935 bits per heavy atom. The van der Waals surface area contributed by atoms with Gasteiger partial charge in [-0.2, -0.15) is 0 Å². The fraction of sp³-hybridized carbons (Fsp3) is 0.0870. The van der Waals surface area contributed by atoms with E-state index in [1.807, 2.05) is 0 Å². The number of hydrogen-bond donors (Lipinski definition) is 0. The highest BCUT2D eigenvalue weighted by Gasteiger charge is 2.35. The SMILES string of the molecule is Cc1ccc(-c2c3ccccc3c(-c3ccc4c(c3)C(C)(C)c3ccccc3-4)c3cc(-c4cccc5ccccc45)ccc23)cc1. The van der Waals surface area contributed by atoms with Crippen LogP contribution >= 0.6 is 0 Å². The van der Waals surface area contributed by atoms with Crippen LogP contribution in [0.5, 0.6) is 0 Å². The van der Waals surface area contributed by atoms with Crippen LogP contribution in [0.3, 0.4) is 0 Å². The number of benzene rings is 8. The van der Waals surface area contributed by atoms with E-state index in [1.54, 1.807) is 0 Å². The topological polar surface area (TPSA) is 0 Å². The molecule has 0 heteroatoms. The Morgan fingerprint density at radius 3 is 1.74 bits per heavy atom. The average molecular weight is 587 g/mol. The van der Waals surface area contributed by atoms with E-state index in [-0.39, 0.29) is 5.41 Å². The molecule has 0 radical (unpaired) electrons. The lowest BCUT2D eigenvalue weighted by molar-refractivity contribution is 0.660. The maximum Gasteiger partial charge on any atom is 0.0159 e. The second kappa shape index (κ2) is 10.0. The molecule has 0 saturated heterocycles. The lowest BCUT2D eigenvalue weighted by Gasteiger charge is -2.23. The van der Waals surface area contributed by atoms with E-state index in [0.717, 1.165) is 0 Å². The van der Waals surface area contributed by atoms with E-state index < -0.39 is 0 Å². The fourth-order valence-electron chi connectivity index (χ4n) is 8.03. The molecule has 0 saturated carbocycles. The van der Waals surface area contributed by atoms with Gasteiger partial charge < -0.3 is 0 Å². The summed E-state index contributed by atoms with van der Waals surface area (Å²) in [6.45, 7) is 6.90. The van der Waals surface area contributed by atoms with Gasteiger partial charge in [-0.25, -0.2) is 0 Å². The van der Waals surface area contributed by atoms with Gasteiger partial charge >= 0.3 is 0 Å². The van der Waals surface area contributed by atoms with Crippen molar-refractivity contribution < 1.29 is 0 Å². The van der Waals surface area contributed by atoms with E-state index in [0.29, 0.717) is 0 Å². The van der Waals surface area contributed by atoms with Gasteiger partial charge in [-0.15, -0.1) is 0 Å². The van der Waals surface area contributed by atoms with E-state index in [1.165, 1.54) is 93.5 Å². The predicted octanol–water partition coefficient (Wildman–Crippen LogP) is 12.8. The first-order valence-corrected chi connectivity index (χ1v) is 16.3. The monoisotopic (exact) mass is 586 g/mol. The highest BCUT2D eigenvalue weighted by Crippen LogP contribution is 2.51. The van der Waals surface area contributed by atoms with Crippen molar-refractivity contribution in [3.05, 3.63) is 168 Å². The molecule has 46 heavy (non-hydrogen) atoms. The summed E-state index contributed by atoms with van der Waals surface area (Å²) in [5.41, 5.74) is 14.4. The van der Waals surface area contributed by atoms with Crippen molar-refractivity contribution >= 4 is 32.3 Å². The zero-order valence-corrected chi connectivity index (χ0v) is 26.4. The first kappa shape index (κ1) is 26.9. The number of fused-ring (bicyclic) bond motifs is 6. The van der Waals surface area contributed by atoms with E-state index >= 15 is 0 Å². The van der Waals surface area contributed by atoms with Gasteiger partial charge in [0.15, 0.2) is 0 Å². The Morgan fingerprint density at radius 1 is 0.370 bits per heavy atom. The number of hydrogen-bond acceptors (Lipinski definition) is 0. The molecule has 0 heterocycles. The lowest BCUT2D eigenvalue weighted by Crippen LogP contribution is -2.14. The summed E-state index contributed by atoms with van der Waals surface area (Å²) in [6, 6.07) is 56.6. The third-order valence-corrected chi connectivity index (χ3v) is 10.3. The van der Waals surface area contributed by atoms with Crippen molar-refractivity contribution in [2.45, 2.75) is 26.2 Å². The zero-order chi connectivity index (χ0) is 31.0. The third-order valence-electron chi connectivity index (χ3n) is 10.3. The van der Waals surface area contributed by atoms with E-state index in [9.17, 15) is 0 Å². The van der Waals surface area contributed by atoms with Crippen LogP contribution in [0, 0.1) is 6.92 Å². The molecule has 0 nitrogen and oxygen atoms in total. The Hall–Kier alpha value is -5.46. The minimum atomic E-state index is -0.0660. The molecule has 0 unspecified atom stereocenters. The minimum absolute atomic E-state index is 0.0660. The molecule has 0 amide bonds. The molecule has 0 aliphatic heterocycles. The average Bonchev–Trinajstić information content (AvgIpc) is 3.33. The van der Waals surface area contributed by atoms with Gasteiger partial charge in [0.05, 0.1) is 0 Å². The first-order chi connectivity index (χ1) is 22.5. The van der Waals surface area contributed by atoms with Crippen molar-refractivity contribution in [1.29, 1.82) is 0 Å². The summed E-state index contributed by atoms with van der Waals surface area (Å²) in [5, 5.41) is 7.68. The van der Waals surface area contributed by atoms with Crippen molar-refractivity contribution in [2.24, 2.45) is 0 Å². The van der Waals surface area contributed by atoms with Crippen molar-refractivity contribution in [3.63, 3.8) is 0 Å². The van der Waals surface area contributed by atoms with Gasteiger partial charge in [-0.3, -0.25) is 0 Å². The maximum atomic E-state index is 2.48. The van der Waals surface area contributed by atoms with Crippen LogP contribution in [-0.4, -0.2) is 0 Å². The summed E-state index contributed by atoms with van der Waals surface area (Å²) in [5.74, 6) is 0. The van der Waals surface area contributed by atoms with Crippen molar-refractivity contribution in [2.75, 3.05) is 0 Å².